The molecule has 0 aliphatic carbocycles. The molecule has 1 N–H and O–H groups in total. The van der Waals surface area contributed by atoms with Crippen molar-refractivity contribution in [1.82, 2.24) is 10.2 Å². The Bertz CT molecular complexity index is 193. The Hall–Kier alpha value is -0.570. The summed E-state index contributed by atoms with van der Waals surface area (Å²) in [6.45, 7) is 10.6. The van der Waals surface area contributed by atoms with E-state index in [2.05, 4.69) is 44.8 Å². The second-order valence-corrected chi connectivity index (χ2v) is 4.38. The number of nitrogens with zero attached hydrogens (tertiary/aromatic N) is 1. The van der Waals surface area contributed by atoms with Gasteiger partial charge < -0.3 is 5.32 Å². The third-order valence-electron chi connectivity index (χ3n) is 2.63. The van der Waals surface area contributed by atoms with E-state index < -0.39 is 0 Å². The van der Waals surface area contributed by atoms with Gasteiger partial charge in [-0.3, -0.25) is 9.69 Å². The summed E-state index contributed by atoms with van der Waals surface area (Å²) < 4.78 is 0. The van der Waals surface area contributed by atoms with Crippen molar-refractivity contribution in [2.75, 3.05) is 0 Å². The van der Waals surface area contributed by atoms with E-state index in [0.717, 1.165) is 0 Å². The third kappa shape index (κ3) is 1.85. The van der Waals surface area contributed by atoms with Gasteiger partial charge in [0, 0.05) is 12.1 Å². The van der Waals surface area contributed by atoms with Gasteiger partial charge >= 0.3 is 0 Å². The second kappa shape index (κ2) is 3.66. The van der Waals surface area contributed by atoms with E-state index in [4.69, 9.17) is 0 Å². The largest absolute Gasteiger partial charge is 0.350 e. The van der Waals surface area contributed by atoms with Gasteiger partial charge in [0.05, 0.1) is 6.04 Å². The number of carbonyl (C=O) groups excluding carboxylic acids is 1. The quantitative estimate of drug-likeness (QED) is 0.663. The molecule has 0 spiro atoms. The van der Waals surface area contributed by atoms with E-state index in [1.807, 2.05) is 0 Å². The minimum Gasteiger partial charge on any atom is -0.350 e. The predicted octanol–water partition coefficient (Wildman–Crippen LogP) is 0.992. The zero-order chi connectivity index (χ0) is 10.2. The number of carbonyl (C=O) groups is 1. The molecule has 1 heterocycles. The molecule has 0 bridgehead atoms. The molecule has 0 saturated carbocycles. The fourth-order valence-corrected chi connectivity index (χ4v) is 2.15. The number of hydrogen-bond acceptors (Lipinski definition) is 2. The SMILES string of the molecule is CC1NC(=O)C1N(C(C)C)C(C)C. The lowest BCUT2D eigenvalue weighted by Gasteiger charge is -2.46. The average Bonchev–Trinajstić information content (AvgIpc) is 1.99. The molecule has 3 nitrogen and oxygen atoms in total. The molecule has 1 aliphatic rings. The predicted molar refractivity (Wildman–Crippen MR) is 53.5 cm³/mol. The molecule has 0 aromatic carbocycles. The second-order valence-electron chi connectivity index (χ2n) is 4.38. The Morgan fingerprint density at radius 1 is 1.23 bits per heavy atom. The summed E-state index contributed by atoms with van der Waals surface area (Å²) in [6, 6.07) is 1.24. The van der Waals surface area contributed by atoms with E-state index in [9.17, 15) is 4.79 Å². The van der Waals surface area contributed by atoms with E-state index in [1.165, 1.54) is 0 Å². The molecule has 2 unspecified atom stereocenters. The van der Waals surface area contributed by atoms with Crippen LogP contribution in [0.25, 0.3) is 0 Å². The average molecular weight is 184 g/mol. The number of nitrogens with one attached hydrogen (secondary N) is 1. The summed E-state index contributed by atoms with van der Waals surface area (Å²) in [5.74, 6) is 0.176. The fourth-order valence-electron chi connectivity index (χ4n) is 2.15. The van der Waals surface area contributed by atoms with Gasteiger partial charge in [-0.1, -0.05) is 0 Å². The lowest BCUT2D eigenvalue weighted by atomic mass is 9.96. The van der Waals surface area contributed by atoms with Crippen LogP contribution in [-0.4, -0.2) is 35.0 Å². The molecule has 0 radical (unpaired) electrons. The van der Waals surface area contributed by atoms with Crippen LogP contribution in [0.15, 0.2) is 0 Å². The van der Waals surface area contributed by atoms with Crippen LogP contribution in [0.2, 0.25) is 0 Å². The topological polar surface area (TPSA) is 32.3 Å². The number of β-lactam (4-membered cyclic amide) rings is 1. The Morgan fingerprint density at radius 2 is 1.69 bits per heavy atom. The molecule has 76 valence electrons. The third-order valence-corrected chi connectivity index (χ3v) is 2.63. The van der Waals surface area contributed by atoms with Crippen molar-refractivity contribution >= 4 is 5.91 Å². The standard InChI is InChI=1S/C10H20N2O/c1-6(2)12(7(3)4)9-8(5)11-10(9)13/h6-9H,1-5H3,(H,11,13). The molecule has 13 heavy (non-hydrogen) atoms. The molecule has 2 atom stereocenters. The Balaban J connectivity index is 2.70. The Kier molecular flexibility index (Phi) is 2.96. The zero-order valence-electron chi connectivity index (χ0n) is 9.16. The zero-order valence-corrected chi connectivity index (χ0v) is 9.16. The summed E-state index contributed by atoms with van der Waals surface area (Å²) in [5.41, 5.74) is 0. The van der Waals surface area contributed by atoms with Crippen molar-refractivity contribution in [3.8, 4) is 0 Å². The van der Waals surface area contributed by atoms with E-state index >= 15 is 0 Å². The fraction of sp³-hybridized carbons (Fsp3) is 0.900. The normalized spacial score (nSPS) is 28.2. The molecule has 1 fully saturated rings. The molecule has 1 amide bonds. The highest BCUT2D eigenvalue weighted by atomic mass is 16.2. The van der Waals surface area contributed by atoms with Gasteiger partial charge in [0.15, 0.2) is 0 Å². The van der Waals surface area contributed by atoms with Crippen molar-refractivity contribution in [2.24, 2.45) is 0 Å². The van der Waals surface area contributed by atoms with Crippen LogP contribution in [0, 0.1) is 0 Å². The number of amides is 1. The maximum absolute atomic E-state index is 11.3. The van der Waals surface area contributed by atoms with E-state index in [1.54, 1.807) is 0 Å². The smallest absolute Gasteiger partial charge is 0.239 e. The van der Waals surface area contributed by atoms with E-state index in [-0.39, 0.29) is 11.9 Å². The van der Waals surface area contributed by atoms with Gasteiger partial charge in [-0.05, 0) is 34.6 Å². The first kappa shape index (κ1) is 10.5. The van der Waals surface area contributed by atoms with Gasteiger partial charge in [0.1, 0.15) is 6.04 Å². The molecule has 3 heteroatoms. The van der Waals surface area contributed by atoms with Crippen molar-refractivity contribution in [2.45, 2.75) is 58.8 Å². The van der Waals surface area contributed by atoms with Crippen LogP contribution >= 0.6 is 0 Å². The summed E-state index contributed by atoms with van der Waals surface area (Å²) in [5, 5.41) is 2.87. The van der Waals surface area contributed by atoms with E-state index in [0.29, 0.717) is 18.1 Å². The number of hydrogen-bond donors (Lipinski definition) is 1. The van der Waals surface area contributed by atoms with Crippen LogP contribution in [0.3, 0.4) is 0 Å². The molecular formula is C10H20N2O. The van der Waals surface area contributed by atoms with Gasteiger partial charge in [-0.25, -0.2) is 0 Å². The summed E-state index contributed by atoms with van der Waals surface area (Å²) in [4.78, 5) is 13.6. The molecule has 0 aromatic heterocycles. The van der Waals surface area contributed by atoms with Crippen LogP contribution in [-0.2, 0) is 4.79 Å². The summed E-state index contributed by atoms with van der Waals surface area (Å²) in [6.07, 6.45) is 0. The molecule has 1 rings (SSSR count). The lowest BCUT2D eigenvalue weighted by Crippen LogP contribution is -2.70. The van der Waals surface area contributed by atoms with Crippen LogP contribution in [0.5, 0.6) is 0 Å². The molecule has 1 saturated heterocycles. The summed E-state index contributed by atoms with van der Waals surface area (Å²) >= 11 is 0. The van der Waals surface area contributed by atoms with Gasteiger partial charge in [-0.15, -0.1) is 0 Å². The lowest BCUT2D eigenvalue weighted by molar-refractivity contribution is -0.139. The highest BCUT2D eigenvalue weighted by Gasteiger charge is 2.42. The first-order valence-electron chi connectivity index (χ1n) is 5.03. The van der Waals surface area contributed by atoms with Crippen molar-refractivity contribution < 1.29 is 4.79 Å². The van der Waals surface area contributed by atoms with Crippen molar-refractivity contribution in [1.29, 1.82) is 0 Å². The van der Waals surface area contributed by atoms with Gasteiger partial charge in [0.2, 0.25) is 5.91 Å². The van der Waals surface area contributed by atoms with Crippen LogP contribution < -0.4 is 5.32 Å². The summed E-state index contributed by atoms with van der Waals surface area (Å²) in [7, 11) is 0. The highest BCUT2D eigenvalue weighted by Crippen LogP contribution is 2.19. The van der Waals surface area contributed by atoms with Crippen molar-refractivity contribution in [3.05, 3.63) is 0 Å². The first-order valence-corrected chi connectivity index (χ1v) is 5.03. The maximum atomic E-state index is 11.3. The molecule has 1 aliphatic heterocycles. The maximum Gasteiger partial charge on any atom is 0.239 e. The van der Waals surface area contributed by atoms with Crippen LogP contribution in [0.4, 0.5) is 0 Å². The van der Waals surface area contributed by atoms with Crippen molar-refractivity contribution in [3.63, 3.8) is 0 Å². The monoisotopic (exact) mass is 184 g/mol. The van der Waals surface area contributed by atoms with Gasteiger partial charge in [-0.2, -0.15) is 0 Å². The first-order chi connectivity index (χ1) is 5.95. The minimum atomic E-state index is 0.0833. The minimum absolute atomic E-state index is 0.0833. The molecular weight excluding hydrogens is 164 g/mol. The van der Waals surface area contributed by atoms with Crippen LogP contribution in [0.1, 0.15) is 34.6 Å². The highest BCUT2D eigenvalue weighted by molar-refractivity contribution is 5.89. The number of rotatable bonds is 3. The Morgan fingerprint density at radius 3 is 1.85 bits per heavy atom. The molecule has 0 aromatic rings. The van der Waals surface area contributed by atoms with Gasteiger partial charge in [0.25, 0.3) is 0 Å². The Labute approximate surface area is 80.5 Å².